The van der Waals surface area contributed by atoms with Gasteiger partial charge in [0.1, 0.15) is 6.04 Å². The summed E-state index contributed by atoms with van der Waals surface area (Å²) in [5, 5.41) is 9.04. The van der Waals surface area contributed by atoms with Gasteiger partial charge in [-0.15, -0.1) is 0 Å². The van der Waals surface area contributed by atoms with Crippen LogP contribution < -0.4 is 0 Å². The summed E-state index contributed by atoms with van der Waals surface area (Å²) in [6.07, 6.45) is 1.31. The summed E-state index contributed by atoms with van der Waals surface area (Å²) < 4.78 is 0. The van der Waals surface area contributed by atoms with E-state index in [1.54, 1.807) is 12.1 Å². The van der Waals surface area contributed by atoms with Gasteiger partial charge in [-0.05, 0) is 31.9 Å². The number of hydrogen-bond donors (Lipinski definition) is 1. The Morgan fingerprint density at radius 1 is 1.41 bits per heavy atom. The number of nitrogens with zero attached hydrogens (tertiary/aromatic N) is 1. The van der Waals surface area contributed by atoms with E-state index >= 15 is 0 Å². The van der Waals surface area contributed by atoms with Gasteiger partial charge in [0.15, 0.2) is 0 Å². The lowest BCUT2D eigenvalue weighted by molar-refractivity contribution is -0.141. The first-order chi connectivity index (χ1) is 8.09. The van der Waals surface area contributed by atoms with E-state index in [0.717, 1.165) is 12.0 Å². The van der Waals surface area contributed by atoms with E-state index in [1.165, 1.54) is 4.90 Å². The average Bonchev–Trinajstić information content (AvgIpc) is 2.77. The fourth-order valence-electron chi connectivity index (χ4n) is 2.21. The molecule has 0 bridgehead atoms. The summed E-state index contributed by atoms with van der Waals surface area (Å²) in [4.78, 5) is 24.7. The largest absolute Gasteiger partial charge is 0.480 e. The first-order valence-electron chi connectivity index (χ1n) is 5.70. The molecule has 1 fully saturated rings. The van der Waals surface area contributed by atoms with Crippen molar-refractivity contribution in [3.8, 4) is 0 Å². The highest BCUT2D eigenvalue weighted by molar-refractivity contribution is 5.97. The second-order valence-corrected chi connectivity index (χ2v) is 4.36. The van der Waals surface area contributed by atoms with Crippen molar-refractivity contribution in [3.63, 3.8) is 0 Å². The number of carboxylic acids is 1. The summed E-state index contributed by atoms with van der Waals surface area (Å²) in [6.45, 7) is 2.44. The third-order valence-electron chi connectivity index (χ3n) is 3.06. The minimum absolute atomic E-state index is 0.182. The number of benzene rings is 1. The van der Waals surface area contributed by atoms with Crippen LogP contribution in [0.2, 0.25) is 0 Å². The van der Waals surface area contributed by atoms with E-state index in [1.807, 2.05) is 19.1 Å². The molecule has 1 aromatic carbocycles. The molecule has 1 aromatic rings. The summed E-state index contributed by atoms with van der Waals surface area (Å²) >= 11 is 0. The fraction of sp³-hybridized carbons (Fsp3) is 0.385. The van der Waals surface area contributed by atoms with Crippen LogP contribution in [0.1, 0.15) is 28.8 Å². The summed E-state index contributed by atoms with van der Waals surface area (Å²) in [5.74, 6) is -1.10. The number of carboxylic acid groups (broad SMARTS) is 1. The van der Waals surface area contributed by atoms with E-state index in [4.69, 9.17) is 5.11 Å². The van der Waals surface area contributed by atoms with Crippen molar-refractivity contribution in [1.29, 1.82) is 0 Å². The molecule has 1 aliphatic heterocycles. The molecular weight excluding hydrogens is 218 g/mol. The van der Waals surface area contributed by atoms with E-state index in [2.05, 4.69) is 0 Å². The van der Waals surface area contributed by atoms with Gasteiger partial charge in [0.05, 0.1) is 0 Å². The lowest BCUT2D eigenvalue weighted by atomic mass is 10.1. The van der Waals surface area contributed by atoms with Gasteiger partial charge in [0.2, 0.25) is 0 Å². The van der Waals surface area contributed by atoms with Gasteiger partial charge in [-0.3, -0.25) is 4.79 Å². The first-order valence-corrected chi connectivity index (χ1v) is 5.70. The number of aryl methyl sites for hydroxylation is 1. The highest BCUT2D eigenvalue weighted by Gasteiger charge is 2.34. The number of aliphatic carboxylic acids is 1. The Hall–Kier alpha value is -1.84. The van der Waals surface area contributed by atoms with E-state index in [-0.39, 0.29) is 5.91 Å². The normalized spacial score (nSPS) is 19.4. The van der Waals surface area contributed by atoms with Crippen LogP contribution in [0.25, 0.3) is 0 Å². The molecule has 2 rings (SSSR count). The zero-order valence-corrected chi connectivity index (χ0v) is 9.72. The maximum Gasteiger partial charge on any atom is 0.326 e. The molecule has 1 amide bonds. The molecule has 0 spiro atoms. The molecule has 4 heteroatoms. The Labute approximate surface area is 99.9 Å². The van der Waals surface area contributed by atoms with E-state index < -0.39 is 12.0 Å². The predicted octanol–water partition coefficient (Wildman–Crippen LogP) is 1.68. The molecule has 1 N–H and O–H groups in total. The smallest absolute Gasteiger partial charge is 0.326 e. The Kier molecular flexibility index (Phi) is 3.13. The first kappa shape index (κ1) is 11.6. The molecule has 0 aliphatic carbocycles. The lowest BCUT2D eigenvalue weighted by Gasteiger charge is -2.21. The maximum atomic E-state index is 12.2. The number of likely N-dealkylation sites (tertiary alicyclic amines) is 1. The molecular formula is C13H15NO3. The standard InChI is InChI=1S/C13H15NO3/c1-9-4-2-5-10(8-9)12(15)14-7-3-6-11(14)13(16)17/h2,4-5,8,11H,3,6-7H2,1H3,(H,16,17)/t11-/m0/s1. The molecule has 90 valence electrons. The Balaban J connectivity index is 2.23. The topological polar surface area (TPSA) is 57.6 Å². The van der Waals surface area contributed by atoms with Gasteiger partial charge in [0.25, 0.3) is 5.91 Å². The van der Waals surface area contributed by atoms with Crippen LogP contribution in [0.15, 0.2) is 24.3 Å². The second kappa shape index (κ2) is 4.57. The van der Waals surface area contributed by atoms with Gasteiger partial charge in [-0.2, -0.15) is 0 Å². The minimum Gasteiger partial charge on any atom is -0.480 e. The SMILES string of the molecule is Cc1cccc(C(=O)N2CCC[C@H]2C(=O)O)c1. The molecule has 0 saturated carbocycles. The molecule has 1 atom stereocenters. The zero-order valence-electron chi connectivity index (χ0n) is 9.72. The van der Waals surface area contributed by atoms with Gasteiger partial charge in [-0.25, -0.2) is 4.79 Å². The zero-order chi connectivity index (χ0) is 12.4. The quantitative estimate of drug-likeness (QED) is 0.845. The maximum absolute atomic E-state index is 12.2. The van der Waals surface area contributed by atoms with Crippen molar-refractivity contribution in [1.82, 2.24) is 4.90 Å². The van der Waals surface area contributed by atoms with E-state index in [9.17, 15) is 9.59 Å². The van der Waals surface area contributed by atoms with E-state index in [0.29, 0.717) is 18.5 Å². The highest BCUT2D eigenvalue weighted by Crippen LogP contribution is 2.20. The molecule has 0 radical (unpaired) electrons. The molecule has 4 nitrogen and oxygen atoms in total. The van der Waals surface area contributed by atoms with Crippen LogP contribution in [0.4, 0.5) is 0 Å². The monoisotopic (exact) mass is 233 g/mol. The van der Waals surface area contributed by atoms with Crippen molar-refractivity contribution in [3.05, 3.63) is 35.4 Å². The minimum atomic E-state index is -0.913. The summed E-state index contributed by atoms with van der Waals surface area (Å²) in [5.41, 5.74) is 1.57. The predicted molar refractivity (Wildman–Crippen MR) is 62.9 cm³/mol. The van der Waals surface area contributed by atoms with Gasteiger partial charge < -0.3 is 10.0 Å². The molecule has 1 heterocycles. The van der Waals surface area contributed by atoms with Gasteiger partial charge in [0, 0.05) is 12.1 Å². The third-order valence-corrected chi connectivity index (χ3v) is 3.06. The van der Waals surface area contributed by atoms with Crippen LogP contribution in [-0.2, 0) is 4.79 Å². The number of hydrogen-bond acceptors (Lipinski definition) is 2. The summed E-state index contributed by atoms with van der Waals surface area (Å²) in [7, 11) is 0. The van der Waals surface area contributed by atoms with Crippen molar-refractivity contribution in [2.24, 2.45) is 0 Å². The molecule has 0 aromatic heterocycles. The Bertz CT molecular complexity index is 456. The van der Waals surface area contributed by atoms with Gasteiger partial charge >= 0.3 is 5.97 Å². The van der Waals surface area contributed by atoms with Crippen molar-refractivity contribution >= 4 is 11.9 Å². The lowest BCUT2D eigenvalue weighted by Crippen LogP contribution is -2.40. The summed E-state index contributed by atoms with van der Waals surface area (Å²) in [6, 6.07) is 6.58. The second-order valence-electron chi connectivity index (χ2n) is 4.36. The van der Waals surface area contributed by atoms with Gasteiger partial charge in [-0.1, -0.05) is 17.7 Å². The number of carbonyl (C=O) groups is 2. The van der Waals surface area contributed by atoms with Crippen LogP contribution in [0.3, 0.4) is 0 Å². The van der Waals surface area contributed by atoms with Crippen molar-refractivity contribution in [2.75, 3.05) is 6.54 Å². The Morgan fingerprint density at radius 3 is 2.82 bits per heavy atom. The van der Waals surface area contributed by atoms with Crippen LogP contribution in [0.5, 0.6) is 0 Å². The van der Waals surface area contributed by atoms with Crippen LogP contribution in [-0.4, -0.2) is 34.5 Å². The van der Waals surface area contributed by atoms with Crippen molar-refractivity contribution < 1.29 is 14.7 Å². The molecule has 17 heavy (non-hydrogen) atoms. The third kappa shape index (κ3) is 2.30. The molecule has 1 saturated heterocycles. The Morgan fingerprint density at radius 2 is 2.18 bits per heavy atom. The molecule has 1 aliphatic rings. The highest BCUT2D eigenvalue weighted by atomic mass is 16.4. The molecule has 0 unspecified atom stereocenters. The number of rotatable bonds is 2. The van der Waals surface area contributed by atoms with Crippen LogP contribution in [0, 0.1) is 6.92 Å². The van der Waals surface area contributed by atoms with Crippen molar-refractivity contribution in [2.45, 2.75) is 25.8 Å². The number of amides is 1. The number of carbonyl (C=O) groups excluding carboxylic acids is 1. The average molecular weight is 233 g/mol. The fourth-order valence-corrected chi connectivity index (χ4v) is 2.21. The van der Waals surface area contributed by atoms with Crippen LogP contribution >= 0.6 is 0 Å².